The van der Waals surface area contributed by atoms with Gasteiger partial charge in [0.2, 0.25) is 0 Å². The molecule has 1 aromatic rings. The Hall–Kier alpha value is -0.810. The van der Waals surface area contributed by atoms with E-state index < -0.39 is 0 Å². The maximum Gasteiger partial charge on any atom is 0.270 e. The first-order valence-corrected chi connectivity index (χ1v) is 6.24. The van der Waals surface area contributed by atoms with Crippen LogP contribution in [0.25, 0.3) is 0 Å². The Morgan fingerprint density at radius 1 is 1.69 bits per heavy atom. The summed E-state index contributed by atoms with van der Waals surface area (Å²) in [5, 5.41) is 9.42. The van der Waals surface area contributed by atoms with Gasteiger partial charge in [-0.1, -0.05) is 0 Å². The predicted octanol–water partition coefficient (Wildman–Crippen LogP) is 1.48. The predicted molar refractivity (Wildman–Crippen MR) is 64.3 cm³/mol. The van der Waals surface area contributed by atoms with Crippen LogP contribution in [-0.2, 0) is 6.54 Å². The van der Waals surface area contributed by atoms with Crippen molar-refractivity contribution in [2.45, 2.75) is 26.0 Å². The first-order chi connectivity index (χ1) is 7.61. The minimum absolute atomic E-state index is 0.00380. The number of aryl methyl sites for hydroxylation is 1. The molecular formula is C11H15BrN2O2. The lowest BCUT2D eigenvalue weighted by atomic mass is 10.3. The van der Waals surface area contributed by atoms with E-state index in [4.69, 9.17) is 0 Å². The van der Waals surface area contributed by atoms with Crippen molar-refractivity contribution in [1.82, 2.24) is 9.47 Å². The monoisotopic (exact) mass is 286 g/mol. The van der Waals surface area contributed by atoms with Crippen molar-refractivity contribution in [3.05, 3.63) is 22.4 Å². The van der Waals surface area contributed by atoms with Gasteiger partial charge in [-0.3, -0.25) is 4.79 Å². The highest BCUT2D eigenvalue weighted by Gasteiger charge is 2.27. The molecule has 5 heteroatoms. The molecule has 1 aromatic heterocycles. The van der Waals surface area contributed by atoms with Gasteiger partial charge in [0.05, 0.1) is 6.10 Å². The van der Waals surface area contributed by atoms with Crippen molar-refractivity contribution in [2.24, 2.45) is 0 Å². The van der Waals surface area contributed by atoms with Gasteiger partial charge in [-0.05, 0) is 35.3 Å². The van der Waals surface area contributed by atoms with Crippen LogP contribution >= 0.6 is 15.9 Å². The van der Waals surface area contributed by atoms with E-state index in [-0.39, 0.29) is 12.0 Å². The smallest absolute Gasteiger partial charge is 0.270 e. The number of halogens is 1. The standard InChI is InChI=1S/C11H15BrN2O2/c1-2-13-6-8(12)5-10(13)11(16)14-4-3-9(15)7-14/h5-6,9,15H,2-4,7H2,1H3/t9-/m0/s1. The Balaban J connectivity index is 2.20. The summed E-state index contributed by atoms with van der Waals surface area (Å²) in [6, 6.07) is 1.83. The highest BCUT2D eigenvalue weighted by Crippen LogP contribution is 2.19. The topological polar surface area (TPSA) is 45.5 Å². The quantitative estimate of drug-likeness (QED) is 0.895. The van der Waals surface area contributed by atoms with Gasteiger partial charge in [0.15, 0.2) is 0 Å². The van der Waals surface area contributed by atoms with Crippen molar-refractivity contribution in [1.29, 1.82) is 0 Å². The molecule has 1 saturated heterocycles. The molecule has 0 radical (unpaired) electrons. The summed E-state index contributed by atoms with van der Waals surface area (Å²) in [5.41, 5.74) is 0.684. The van der Waals surface area contributed by atoms with E-state index in [1.165, 1.54) is 0 Å². The maximum absolute atomic E-state index is 12.2. The molecule has 1 amide bonds. The third-order valence-corrected chi connectivity index (χ3v) is 3.31. The lowest BCUT2D eigenvalue weighted by Crippen LogP contribution is -2.31. The van der Waals surface area contributed by atoms with E-state index in [0.717, 1.165) is 11.0 Å². The first-order valence-electron chi connectivity index (χ1n) is 5.45. The minimum Gasteiger partial charge on any atom is -0.391 e. The molecule has 1 N–H and O–H groups in total. The number of aromatic nitrogens is 1. The normalized spacial score (nSPS) is 20.4. The number of carbonyl (C=O) groups excluding carboxylic acids is 1. The number of likely N-dealkylation sites (tertiary alicyclic amines) is 1. The molecule has 1 aliphatic rings. The molecule has 0 bridgehead atoms. The van der Waals surface area contributed by atoms with Gasteiger partial charge in [-0.15, -0.1) is 0 Å². The lowest BCUT2D eigenvalue weighted by Gasteiger charge is -2.16. The number of hydrogen-bond acceptors (Lipinski definition) is 2. The van der Waals surface area contributed by atoms with Gasteiger partial charge in [-0.2, -0.15) is 0 Å². The third kappa shape index (κ3) is 2.15. The minimum atomic E-state index is -0.363. The van der Waals surface area contributed by atoms with Crippen LogP contribution in [0.3, 0.4) is 0 Å². The van der Waals surface area contributed by atoms with Gasteiger partial charge in [-0.25, -0.2) is 0 Å². The third-order valence-electron chi connectivity index (χ3n) is 2.87. The molecule has 1 atom stereocenters. The molecule has 2 rings (SSSR count). The molecule has 0 spiro atoms. The number of hydrogen-bond donors (Lipinski definition) is 1. The number of amides is 1. The summed E-state index contributed by atoms with van der Waals surface area (Å²) in [6.07, 6.45) is 2.22. The van der Waals surface area contributed by atoms with Crippen LogP contribution in [0.2, 0.25) is 0 Å². The van der Waals surface area contributed by atoms with E-state index in [2.05, 4.69) is 15.9 Å². The van der Waals surface area contributed by atoms with Gasteiger partial charge in [0, 0.05) is 30.3 Å². The molecule has 2 heterocycles. The van der Waals surface area contributed by atoms with Gasteiger partial charge >= 0.3 is 0 Å². The zero-order chi connectivity index (χ0) is 11.7. The Morgan fingerprint density at radius 3 is 3.00 bits per heavy atom. The highest BCUT2D eigenvalue weighted by atomic mass is 79.9. The van der Waals surface area contributed by atoms with Gasteiger partial charge < -0.3 is 14.6 Å². The summed E-state index contributed by atoms with van der Waals surface area (Å²) in [6.45, 7) is 3.86. The summed E-state index contributed by atoms with van der Waals surface area (Å²) in [4.78, 5) is 13.9. The van der Waals surface area contributed by atoms with Crippen LogP contribution in [0.5, 0.6) is 0 Å². The fourth-order valence-electron chi connectivity index (χ4n) is 2.00. The maximum atomic E-state index is 12.2. The first kappa shape index (κ1) is 11.7. The van der Waals surface area contributed by atoms with E-state index in [9.17, 15) is 9.90 Å². The van der Waals surface area contributed by atoms with Gasteiger partial charge in [0.1, 0.15) is 5.69 Å². The summed E-state index contributed by atoms with van der Waals surface area (Å²) >= 11 is 3.37. The Labute approximate surface area is 103 Å². The molecule has 88 valence electrons. The van der Waals surface area contributed by atoms with E-state index in [0.29, 0.717) is 25.2 Å². The average molecular weight is 287 g/mol. The Morgan fingerprint density at radius 2 is 2.44 bits per heavy atom. The molecule has 4 nitrogen and oxygen atoms in total. The number of aliphatic hydroxyl groups excluding tert-OH is 1. The largest absolute Gasteiger partial charge is 0.391 e. The number of aliphatic hydroxyl groups is 1. The van der Waals surface area contributed by atoms with Crippen LogP contribution in [0, 0.1) is 0 Å². The molecule has 16 heavy (non-hydrogen) atoms. The molecule has 0 unspecified atom stereocenters. The number of nitrogens with zero attached hydrogens (tertiary/aromatic N) is 2. The van der Waals surface area contributed by atoms with E-state index in [1.54, 1.807) is 4.90 Å². The number of rotatable bonds is 2. The second-order valence-electron chi connectivity index (χ2n) is 4.02. The highest BCUT2D eigenvalue weighted by molar-refractivity contribution is 9.10. The van der Waals surface area contributed by atoms with E-state index in [1.807, 2.05) is 23.8 Å². The Bertz CT molecular complexity index is 403. The average Bonchev–Trinajstić information content (AvgIpc) is 2.83. The summed E-state index contributed by atoms with van der Waals surface area (Å²) in [7, 11) is 0. The van der Waals surface area contributed by atoms with Crippen molar-refractivity contribution < 1.29 is 9.90 Å². The fourth-order valence-corrected chi connectivity index (χ4v) is 2.47. The van der Waals surface area contributed by atoms with Crippen molar-refractivity contribution >= 4 is 21.8 Å². The van der Waals surface area contributed by atoms with Crippen molar-refractivity contribution in [2.75, 3.05) is 13.1 Å². The molecular weight excluding hydrogens is 272 g/mol. The fraction of sp³-hybridized carbons (Fsp3) is 0.545. The molecule has 0 saturated carbocycles. The lowest BCUT2D eigenvalue weighted by molar-refractivity contribution is 0.0754. The molecule has 1 fully saturated rings. The van der Waals surface area contributed by atoms with Crippen molar-refractivity contribution in [3.8, 4) is 0 Å². The zero-order valence-corrected chi connectivity index (χ0v) is 10.8. The van der Waals surface area contributed by atoms with Crippen LogP contribution in [0.15, 0.2) is 16.7 Å². The van der Waals surface area contributed by atoms with Crippen LogP contribution in [0.1, 0.15) is 23.8 Å². The molecule has 0 aliphatic carbocycles. The summed E-state index contributed by atoms with van der Waals surface area (Å²) < 4.78 is 2.83. The van der Waals surface area contributed by atoms with Crippen LogP contribution in [-0.4, -0.2) is 39.7 Å². The van der Waals surface area contributed by atoms with Crippen molar-refractivity contribution in [3.63, 3.8) is 0 Å². The summed E-state index contributed by atoms with van der Waals surface area (Å²) in [5.74, 6) is 0.00380. The molecule has 1 aliphatic heterocycles. The SMILES string of the molecule is CCn1cc(Br)cc1C(=O)N1CC[C@H](O)C1. The Kier molecular flexibility index (Phi) is 3.35. The van der Waals surface area contributed by atoms with E-state index >= 15 is 0 Å². The number of carbonyl (C=O) groups is 1. The second-order valence-corrected chi connectivity index (χ2v) is 4.94. The molecule has 0 aromatic carbocycles. The zero-order valence-electron chi connectivity index (χ0n) is 9.19. The second kappa shape index (κ2) is 4.59. The van der Waals surface area contributed by atoms with Crippen LogP contribution in [0.4, 0.5) is 0 Å². The van der Waals surface area contributed by atoms with Crippen LogP contribution < -0.4 is 0 Å². The van der Waals surface area contributed by atoms with Gasteiger partial charge in [0.25, 0.3) is 5.91 Å². The number of β-amino-alcohol motifs (C(OH)–C–C–N with tert-alkyl or cyclic N) is 1.